The first kappa shape index (κ1) is 13.5. The lowest BCUT2D eigenvalue weighted by Crippen LogP contribution is -1.98. The second-order valence-corrected chi connectivity index (χ2v) is 4.72. The van der Waals surface area contributed by atoms with Gasteiger partial charge in [0, 0.05) is 23.7 Å². The third-order valence-electron chi connectivity index (χ3n) is 3.14. The number of aromatic nitrogens is 1. The SMILES string of the molecule is C/C=C(\N=CCCC)c1cc(C(N)=C2CC2)ccn1. The van der Waals surface area contributed by atoms with E-state index in [0.717, 1.165) is 48.3 Å². The van der Waals surface area contributed by atoms with Crippen LogP contribution in [0.5, 0.6) is 0 Å². The molecule has 1 saturated carbocycles. The molecule has 19 heavy (non-hydrogen) atoms. The molecule has 0 amide bonds. The molecule has 1 fully saturated rings. The Morgan fingerprint density at radius 1 is 1.47 bits per heavy atom. The summed E-state index contributed by atoms with van der Waals surface area (Å²) in [7, 11) is 0. The lowest BCUT2D eigenvalue weighted by molar-refractivity contribution is 1.01. The zero-order valence-corrected chi connectivity index (χ0v) is 11.7. The van der Waals surface area contributed by atoms with E-state index in [1.165, 1.54) is 5.57 Å². The molecule has 0 saturated heterocycles. The molecule has 1 aromatic heterocycles. The zero-order valence-electron chi connectivity index (χ0n) is 11.7. The van der Waals surface area contributed by atoms with E-state index < -0.39 is 0 Å². The second kappa shape index (κ2) is 6.32. The van der Waals surface area contributed by atoms with Crippen molar-refractivity contribution in [2.75, 3.05) is 0 Å². The summed E-state index contributed by atoms with van der Waals surface area (Å²) in [5.74, 6) is 0. The van der Waals surface area contributed by atoms with Gasteiger partial charge in [0.25, 0.3) is 0 Å². The molecule has 1 aliphatic carbocycles. The van der Waals surface area contributed by atoms with Gasteiger partial charge in [0.1, 0.15) is 0 Å². The lowest BCUT2D eigenvalue weighted by atomic mass is 10.1. The third kappa shape index (κ3) is 3.53. The van der Waals surface area contributed by atoms with Gasteiger partial charge in [-0.15, -0.1) is 0 Å². The number of nitrogens with zero attached hydrogens (tertiary/aromatic N) is 2. The maximum absolute atomic E-state index is 6.13. The highest BCUT2D eigenvalue weighted by Gasteiger charge is 2.17. The molecule has 3 nitrogen and oxygen atoms in total. The summed E-state index contributed by atoms with van der Waals surface area (Å²) in [6.07, 6.45) is 10.1. The third-order valence-corrected chi connectivity index (χ3v) is 3.14. The quantitative estimate of drug-likeness (QED) is 0.814. The number of hydrogen-bond acceptors (Lipinski definition) is 3. The summed E-state index contributed by atoms with van der Waals surface area (Å²) in [5, 5.41) is 0. The fraction of sp³-hybridized carbons (Fsp3) is 0.375. The van der Waals surface area contributed by atoms with Crippen LogP contribution in [0.4, 0.5) is 0 Å². The molecule has 1 aromatic rings. The van der Waals surface area contributed by atoms with Crippen LogP contribution in [0.2, 0.25) is 0 Å². The highest BCUT2D eigenvalue weighted by atomic mass is 14.8. The first-order valence-corrected chi connectivity index (χ1v) is 6.89. The number of pyridine rings is 1. The Morgan fingerprint density at radius 3 is 2.89 bits per heavy atom. The fourth-order valence-electron chi connectivity index (χ4n) is 1.85. The molecule has 0 spiro atoms. The monoisotopic (exact) mass is 255 g/mol. The molecule has 2 rings (SSSR count). The molecular weight excluding hydrogens is 234 g/mol. The van der Waals surface area contributed by atoms with Crippen LogP contribution < -0.4 is 5.73 Å². The number of unbranched alkanes of at least 4 members (excludes halogenated alkanes) is 1. The van der Waals surface area contributed by atoms with Gasteiger partial charge in [-0.05, 0) is 43.9 Å². The van der Waals surface area contributed by atoms with Gasteiger partial charge < -0.3 is 5.73 Å². The van der Waals surface area contributed by atoms with Crippen molar-refractivity contribution in [1.29, 1.82) is 0 Å². The normalized spacial score (nSPS) is 15.1. The summed E-state index contributed by atoms with van der Waals surface area (Å²) in [5.41, 5.74) is 11.2. The van der Waals surface area contributed by atoms with Crippen LogP contribution in [0.25, 0.3) is 11.4 Å². The van der Waals surface area contributed by atoms with Crippen LogP contribution in [-0.2, 0) is 0 Å². The van der Waals surface area contributed by atoms with Gasteiger partial charge in [-0.1, -0.05) is 19.4 Å². The van der Waals surface area contributed by atoms with Gasteiger partial charge in [0.05, 0.1) is 11.4 Å². The van der Waals surface area contributed by atoms with Crippen molar-refractivity contribution in [3.05, 3.63) is 41.2 Å². The standard InChI is InChI=1S/C16H21N3/c1-3-5-9-18-14(4-2)15-11-13(8-10-19-15)16(17)12-6-7-12/h4,8-11H,3,5-7,17H2,1-2H3/b14-4-,18-9?. The zero-order chi connectivity index (χ0) is 13.7. The van der Waals surface area contributed by atoms with Gasteiger partial charge in [0.15, 0.2) is 0 Å². The van der Waals surface area contributed by atoms with Gasteiger partial charge in [-0.25, -0.2) is 0 Å². The van der Waals surface area contributed by atoms with E-state index in [9.17, 15) is 0 Å². The second-order valence-electron chi connectivity index (χ2n) is 4.72. The van der Waals surface area contributed by atoms with Gasteiger partial charge in [-0.2, -0.15) is 0 Å². The number of rotatable bonds is 5. The van der Waals surface area contributed by atoms with E-state index >= 15 is 0 Å². The predicted molar refractivity (Wildman–Crippen MR) is 81.6 cm³/mol. The summed E-state index contributed by atoms with van der Waals surface area (Å²) in [6.45, 7) is 4.12. The molecule has 1 heterocycles. The Labute approximate surface area is 115 Å². The topological polar surface area (TPSA) is 51.3 Å². The molecule has 0 aliphatic heterocycles. The number of allylic oxidation sites excluding steroid dienone is 2. The largest absolute Gasteiger partial charge is 0.398 e. The highest BCUT2D eigenvalue weighted by molar-refractivity contribution is 5.75. The smallest absolute Gasteiger partial charge is 0.0889 e. The maximum atomic E-state index is 6.13. The molecule has 0 radical (unpaired) electrons. The maximum Gasteiger partial charge on any atom is 0.0889 e. The van der Waals surface area contributed by atoms with Crippen LogP contribution in [0.15, 0.2) is 35.0 Å². The van der Waals surface area contributed by atoms with E-state index in [1.54, 1.807) is 6.20 Å². The van der Waals surface area contributed by atoms with Gasteiger partial charge >= 0.3 is 0 Å². The van der Waals surface area contributed by atoms with E-state index in [1.807, 2.05) is 31.3 Å². The molecule has 0 atom stereocenters. The Kier molecular flexibility index (Phi) is 4.50. The molecule has 0 aromatic carbocycles. The molecule has 0 unspecified atom stereocenters. The van der Waals surface area contributed by atoms with E-state index in [-0.39, 0.29) is 0 Å². The average Bonchev–Trinajstić information content (AvgIpc) is 3.27. The van der Waals surface area contributed by atoms with Crippen LogP contribution >= 0.6 is 0 Å². The van der Waals surface area contributed by atoms with E-state index in [0.29, 0.717) is 0 Å². The Bertz CT molecular complexity index is 533. The van der Waals surface area contributed by atoms with Crippen LogP contribution in [-0.4, -0.2) is 11.2 Å². The number of hydrogen-bond donors (Lipinski definition) is 1. The van der Waals surface area contributed by atoms with Crippen molar-refractivity contribution in [2.24, 2.45) is 10.7 Å². The molecule has 0 bridgehead atoms. The number of aliphatic imine (C=N–C) groups is 1. The van der Waals surface area contributed by atoms with Crippen LogP contribution in [0.1, 0.15) is 50.8 Å². The van der Waals surface area contributed by atoms with Crippen molar-refractivity contribution < 1.29 is 0 Å². The van der Waals surface area contributed by atoms with Crippen molar-refractivity contribution in [3.8, 4) is 0 Å². The van der Waals surface area contributed by atoms with E-state index in [4.69, 9.17) is 5.73 Å². The highest BCUT2D eigenvalue weighted by Crippen LogP contribution is 2.33. The minimum atomic E-state index is 0.886. The van der Waals surface area contributed by atoms with E-state index in [2.05, 4.69) is 16.9 Å². The lowest BCUT2D eigenvalue weighted by Gasteiger charge is -2.05. The Balaban J connectivity index is 2.24. The summed E-state index contributed by atoms with van der Waals surface area (Å²) in [4.78, 5) is 8.87. The fourth-order valence-corrected chi connectivity index (χ4v) is 1.85. The molecular formula is C16H21N3. The Hall–Kier alpha value is -1.90. The summed E-state index contributed by atoms with van der Waals surface area (Å²) >= 11 is 0. The van der Waals surface area contributed by atoms with Crippen molar-refractivity contribution in [3.63, 3.8) is 0 Å². The molecule has 100 valence electrons. The van der Waals surface area contributed by atoms with Crippen LogP contribution in [0, 0.1) is 0 Å². The minimum Gasteiger partial charge on any atom is -0.398 e. The first-order chi connectivity index (χ1) is 9.26. The number of nitrogens with two attached hydrogens (primary N) is 1. The molecule has 3 heteroatoms. The van der Waals surface area contributed by atoms with Gasteiger partial charge in [-0.3, -0.25) is 9.98 Å². The van der Waals surface area contributed by atoms with Crippen molar-refractivity contribution >= 4 is 17.6 Å². The minimum absolute atomic E-state index is 0.886. The predicted octanol–water partition coefficient (Wildman–Crippen LogP) is 3.78. The summed E-state index contributed by atoms with van der Waals surface area (Å²) < 4.78 is 0. The molecule has 2 N–H and O–H groups in total. The first-order valence-electron chi connectivity index (χ1n) is 6.89. The van der Waals surface area contributed by atoms with Crippen LogP contribution in [0.3, 0.4) is 0 Å². The van der Waals surface area contributed by atoms with Crippen molar-refractivity contribution in [1.82, 2.24) is 4.98 Å². The Morgan fingerprint density at radius 2 is 2.26 bits per heavy atom. The summed E-state index contributed by atoms with van der Waals surface area (Å²) in [6, 6.07) is 3.99. The average molecular weight is 255 g/mol. The molecule has 1 aliphatic rings. The van der Waals surface area contributed by atoms with Gasteiger partial charge in [0.2, 0.25) is 0 Å². The van der Waals surface area contributed by atoms with Crippen molar-refractivity contribution in [2.45, 2.75) is 39.5 Å².